The van der Waals surface area contributed by atoms with E-state index < -0.39 is 0 Å². The van der Waals surface area contributed by atoms with Gasteiger partial charge in [-0.15, -0.1) is 0 Å². The van der Waals surface area contributed by atoms with E-state index in [1.165, 1.54) is 10.6 Å². The number of aromatic nitrogens is 2. The highest BCUT2D eigenvalue weighted by atomic mass is 16.2. The van der Waals surface area contributed by atoms with Gasteiger partial charge in [0.05, 0.1) is 5.69 Å². The van der Waals surface area contributed by atoms with E-state index in [0.717, 1.165) is 5.56 Å². The summed E-state index contributed by atoms with van der Waals surface area (Å²) in [4.78, 5) is 26.3. The van der Waals surface area contributed by atoms with Gasteiger partial charge < -0.3 is 4.98 Å². The van der Waals surface area contributed by atoms with Crippen LogP contribution in [0.2, 0.25) is 0 Å². The summed E-state index contributed by atoms with van der Waals surface area (Å²) >= 11 is 0. The molecule has 1 aromatic heterocycles. The molecule has 0 fully saturated rings. The summed E-state index contributed by atoms with van der Waals surface area (Å²) in [7, 11) is 0. The fourth-order valence-electron chi connectivity index (χ4n) is 1.77. The van der Waals surface area contributed by atoms with E-state index in [9.17, 15) is 9.59 Å². The Morgan fingerprint density at radius 3 is 2.29 bits per heavy atom. The van der Waals surface area contributed by atoms with Crippen LogP contribution in [0.15, 0.2) is 46.0 Å². The van der Waals surface area contributed by atoms with Gasteiger partial charge in [0.15, 0.2) is 0 Å². The van der Waals surface area contributed by atoms with Gasteiger partial charge in [0.25, 0.3) is 5.56 Å². The second kappa shape index (κ2) is 4.41. The molecule has 88 valence electrons. The number of hydrogen-bond acceptors (Lipinski definition) is 2. The van der Waals surface area contributed by atoms with E-state index in [1.807, 2.05) is 30.3 Å². The second-order valence-electron chi connectivity index (χ2n) is 4.16. The summed E-state index contributed by atoms with van der Waals surface area (Å²) in [6.45, 7) is 3.61. The summed E-state index contributed by atoms with van der Waals surface area (Å²) in [5.74, 6) is 0. The van der Waals surface area contributed by atoms with E-state index in [1.54, 1.807) is 13.8 Å². The predicted molar refractivity (Wildman–Crippen MR) is 67.1 cm³/mol. The number of benzene rings is 1. The van der Waals surface area contributed by atoms with Crippen molar-refractivity contribution >= 4 is 0 Å². The maximum absolute atomic E-state index is 11.8. The highest BCUT2D eigenvalue weighted by molar-refractivity contribution is 5.57. The zero-order valence-corrected chi connectivity index (χ0v) is 9.81. The molecule has 0 spiro atoms. The van der Waals surface area contributed by atoms with Crippen LogP contribution in [0.5, 0.6) is 0 Å². The molecule has 0 saturated heterocycles. The van der Waals surface area contributed by atoms with Crippen molar-refractivity contribution in [2.45, 2.75) is 19.9 Å². The molecule has 2 aromatic rings. The minimum Gasteiger partial charge on any atom is -0.307 e. The smallest absolute Gasteiger partial charge is 0.307 e. The third kappa shape index (κ3) is 2.20. The zero-order chi connectivity index (χ0) is 12.4. The summed E-state index contributed by atoms with van der Waals surface area (Å²) in [5, 5.41) is 0. The number of rotatable bonds is 2. The van der Waals surface area contributed by atoms with Crippen LogP contribution in [0, 0.1) is 0 Å². The first kappa shape index (κ1) is 11.4. The quantitative estimate of drug-likeness (QED) is 0.855. The van der Waals surface area contributed by atoms with Crippen molar-refractivity contribution in [1.82, 2.24) is 9.55 Å². The van der Waals surface area contributed by atoms with Crippen LogP contribution in [0.25, 0.3) is 11.3 Å². The molecule has 4 nitrogen and oxygen atoms in total. The molecule has 1 aromatic carbocycles. The molecule has 0 unspecified atom stereocenters. The van der Waals surface area contributed by atoms with E-state index in [4.69, 9.17) is 0 Å². The first-order valence-corrected chi connectivity index (χ1v) is 5.51. The minimum absolute atomic E-state index is 0.143. The van der Waals surface area contributed by atoms with Gasteiger partial charge in [-0.3, -0.25) is 9.36 Å². The number of nitrogens with zero attached hydrogens (tertiary/aromatic N) is 1. The third-order valence-electron chi connectivity index (χ3n) is 2.57. The van der Waals surface area contributed by atoms with Crippen molar-refractivity contribution in [2.75, 3.05) is 0 Å². The third-order valence-corrected chi connectivity index (χ3v) is 2.57. The zero-order valence-electron chi connectivity index (χ0n) is 9.81. The Hall–Kier alpha value is -2.10. The summed E-state index contributed by atoms with van der Waals surface area (Å²) in [5.41, 5.74) is 0.740. The van der Waals surface area contributed by atoms with E-state index in [0.29, 0.717) is 5.69 Å². The van der Waals surface area contributed by atoms with Gasteiger partial charge in [-0.05, 0) is 19.4 Å². The van der Waals surface area contributed by atoms with Crippen molar-refractivity contribution in [3.8, 4) is 11.3 Å². The lowest BCUT2D eigenvalue weighted by Gasteiger charge is -2.09. The Morgan fingerprint density at radius 2 is 1.76 bits per heavy atom. The number of nitrogens with one attached hydrogen (secondary N) is 1. The summed E-state index contributed by atoms with van der Waals surface area (Å²) < 4.78 is 1.20. The molecule has 0 aliphatic heterocycles. The summed E-state index contributed by atoms with van der Waals surface area (Å²) in [6, 6.07) is 10.6. The number of hydrogen-bond donors (Lipinski definition) is 1. The minimum atomic E-state index is -0.369. The van der Waals surface area contributed by atoms with Crippen molar-refractivity contribution in [2.24, 2.45) is 0 Å². The molecule has 2 rings (SSSR count). The van der Waals surface area contributed by atoms with Crippen molar-refractivity contribution in [3.05, 3.63) is 57.2 Å². The fraction of sp³-hybridized carbons (Fsp3) is 0.231. The lowest BCUT2D eigenvalue weighted by molar-refractivity contribution is 0.547. The molecule has 17 heavy (non-hydrogen) atoms. The lowest BCUT2D eigenvalue weighted by atomic mass is 10.1. The Balaban J connectivity index is 2.62. The highest BCUT2D eigenvalue weighted by Crippen LogP contribution is 2.12. The highest BCUT2D eigenvalue weighted by Gasteiger charge is 2.08. The van der Waals surface area contributed by atoms with Crippen molar-refractivity contribution < 1.29 is 0 Å². The van der Waals surface area contributed by atoms with Crippen LogP contribution in [-0.2, 0) is 0 Å². The molecule has 0 atom stereocenters. The van der Waals surface area contributed by atoms with Crippen LogP contribution < -0.4 is 11.2 Å². The molecule has 0 aliphatic carbocycles. The van der Waals surface area contributed by atoms with E-state index >= 15 is 0 Å². The Bertz CT molecular complexity index is 593. The maximum atomic E-state index is 11.8. The molecule has 1 N–H and O–H groups in total. The van der Waals surface area contributed by atoms with Crippen LogP contribution >= 0.6 is 0 Å². The normalized spacial score (nSPS) is 10.8. The van der Waals surface area contributed by atoms with Gasteiger partial charge in [0.1, 0.15) is 0 Å². The molecule has 0 saturated carbocycles. The molecular formula is C13H14N2O2. The van der Waals surface area contributed by atoms with Gasteiger partial charge in [0, 0.05) is 12.1 Å². The molecule has 4 heteroatoms. The average Bonchev–Trinajstić information content (AvgIpc) is 2.28. The Morgan fingerprint density at radius 1 is 1.12 bits per heavy atom. The van der Waals surface area contributed by atoms with Crippen molar-refractivity contribution in [3.63, 3.8) is 0 Å². The van der Waals surface area contributed by atoms with Crippen LogP contribution in [0.4, 0.5) is 0 Å². The van der Waals surface area contributed by atoms with Crippen LogP contribution in [-0.4, -0.2) is 9.55 Å². The topological polar surface area (TPSA) is 54.9 Å². The van der Waals surface area contributed by atoms with E-state index in [2.05, 4.69) is 4.98 Å². The maximum Gasteiger partial charge on any atom is 0.329 e. The fourth-order valence-corrected chi connectivity index (χ4v) is 1.77. The first-order valence-electron chi connectivity index (χ1n) is 5.51. The van der Waals surface area contributed by atoms with Gasteiger partial charge >= 0.3 is 5.69 Å². The number of aromatic amines is 1. The summed E-state index contributed by atoms with van der Waals surface area (Å²) in [6.07, 6.45) is 0. The van der Waals surface area contributed by atoms with Crippen LogP contribution in [0.3, 0.4) is 0 Å². The lowest BCUT2D eigenvalue weighted by Crippen LogP contribution is -2.36. The Labute approximate surface area is 98.6 Å². The van der Waals surface area contributed by atoms with Gasteiger partial charge in [-0.1, -0.05) is 30.3 Å². The second-order valence-corrected chi connectivity index (χ2v) is 4.16. The molecule has 0 aliphatic rings. The molecule has 0 radical (unpaired) electrons. The molecule has 0 bridgehead atoms. The SMILES string of the molecule is CC(C)n1c(=O)cc(-c2ccccc2)[nH]c1=O. The van der Waals surface area contributed by atoms with Gasteiger partial charge in [-0.25, -0.2) is 4.79 Å². The van der Waals surface area contributed by atoms with Crippen LogP contribution in [0.1, 0.15) is 19.9 Å². The number of H-pyrrole nitrogens is 1. The predicted octanol–water partition coefficient (Wildman–Crippen LogP) is 1.78. The standard InChI is InChI=1S/C13H14N2O2/c1-9(2)15-12(16)8-11(14-13(15)17)10-6-4-3-5-7-10/h3-9H,1-2H3,(H,14,17). The van der Waals surface area contributed by atoms with E-state index in [-0.39, 0.29) is 17.3 Å². The monoisotopic (exact) mass is 230 g/mol. The molecule has 0 amide bonds. The Kier molecular flexibility index (Phi) is 2.95. The average molecular weight is 230 g/mol. The molecule has 1 heterocycles. The van der Waals surface area contributed by atoms with Crippen molar-refractivity contribution in [1.29, 1.82) is 0 Å². The van der Waals surface area contributed by atoms with Gasteiger partial charge in [0.2, 0.25) is 0 Å². The first-order chi connectivity index (χ1) is 8.09. The largest absolute Gasteiger partial charge is 0.329 e. The molecular weight excluding hydrogens is 216 g/mol. The van der Waals surface area contributed by atoms with Gasteiger partial charge in [-0.2, -0.15) is 0 Å².